The van der Waals surface area contributed by atoms with E-state index < -0.39 is 143 Å². The fraction of sp³-hybridized carbons (Fsp3) is 0.269. The predicted octanol–water partition coefficient (Wildman–Crippen LogP) is 7.82. The van der Waals surface area contributed by atoms with E-state index in [0.29, 0.717) is 71.0 Å². The van der Waals surface area contributed by atoms with Crippen molar-refractivity contribution in [2.75, 3.05) is 107 Å². The molecule has 0 unspecified atom stereocenters. The van der Waals surface area contributed by atoms with Gasteiger partial charge in [-0.05, 0) is 92.1 Å². The molecule has 33 heteroatoms. The summed E-state index contributed by atoms with van der Waals surface area (Å²) in [4.78, 5) is 38.6. The molecule has 3 aliphatic rings. The molecule has 0 saturated carbocycles. The van der Waals surface area contributed by atoms with E-state index in [2.05, 4.69) is 75.4 Å². The van der Waals surface area contributed by atoms with Crippen molar-refractivity contribution in [1.29, 1.82) is 0 Å². The zero-order chi connectivity index (χ0) is 101. The van der Waals surface area contributed by atoms with Crippen molar-refractivity contribution in [3.8, 4) is 33.4 Å². The number of aromatic nitrogens is 21. The first-order chi connectivity index (χ1) is 63.9. The lowest BCUT2D eigenvalue weighted by Gasteiger charge is -2.35. The van der Waals surface area contributed by atoms with Crippen molar-refractivity contribution in [3.05, 3.63) is 254 Å². The van der Waals surface area contributed by atoms with E-state index in [1.54, 1.807) is 93.5 Å². The lowest BCUT2D eigenvalue weighted by Crippen LogP contribution is -2.47. The fourth-order valence-corrected chi connectivity index (χ4v) is 11.7. The van der Waals surface area contributed by atoms with Crippen LogP contribution in [0.3, 0.4) is 0 Å². The maximum atomic E-state index is 13.5. The predicted molar refractivity (Wildman–Crippen MR) is 416 cm³/mol. The number of aryl methyl sites for hydroxylation is 3. The fourth-order valence-electron chi connectivity index (χ4n) is 11.7. The standard InChI is InChI=1S/3C26H27FN10/c3*1-26(28,20-3-5-22(27)6-4-20)21-13-29-25(30-14-21)36-9-7-35(8-10-36)24-23-11-18(16-37(23)33-17-31-24)19-12-32-34(2)15-19/h3*3-6,11-17H,7-10,28H2,1-2H3/t3*26-/m111/s1/i2D3,7D2,8D2,9D2,10D2;2*7D2,8D2,9D2,10D2. The van der Waals surface area contributed by atoms with E-state index in [9.17, 15) is 13.2 Å². The van der Waals surface area contributed by atoms with Crippen molar-refractivity contribution in [2.45, 2.75) is 37.4 Å². The lowest BCUT2D eigenvalue weighted by atomic mass is 9.87. The Morgan fingerprint density at radius 3 is 0.820 bits per heavy atom. The normalized spacial score (nSPS) is 24.9. The molecular formula is C78H81F3N30. The van der Waals surface area contributed by atoms with E-state index in [0.717, 1.165) is 23.7 Å². The Morgan fingerprint density at radius 2 is 0.568 bits per heavy atom. The minimum Gasteiger partial charge on any atom is -0.351 e. The smallest absolute Gasteiger partial charge is 0.225 e. The van der Waals surface area contributed by atoms with Gasteiger partial charge in [-0.3, -0.25) is 14.0 Å². The molecule has 3 fully saturated rings. The summed E-state index contributed by atoms with van der Waals surface area (Å²) in [6.07, 6.45) is 24.1. The minimum atomic E-state index is -3.34. The largest absolute Gasteiger partial charge is 0.351 e. The molecule has 3 aromatic carbocycles. The molecule has 15 aromatic rings. The van der Waals surface area contributed by atoms with Crippen molar-refractivity contribution < 1.29 is 50.2 Å². The Bertz CT molecular complexity index is 6740. The van der Waals surface area contributed by atoms with Crippen molar-refractivity contribution in [1.82, 2.24) is 103 Å². The Kier molecular flexibility index (Phi) is 12.6. The number of rotatable bonds is 15. The molecule has 564 valence electrons. The maximum absolute atomic E-state index is 13.5. The second kappa shape index (κ2) is 29.8. The SMILES string of the molecule is [2H]C([2H])([2H])n1cc(-c2cc3c(N4C([2H])([2H])C([2H])([2H])N(c5ncc([C@](C)(N)c6ccc(F)cc6)cn5)C([2H])([2H])C4([2H])[2H])ncnn3c2)cn1.[2H]C1([2H])N(c2ncc([C@](C)(N)c3ccc(F)cc3)cn2)C([2H])([2H])C([2H])([2H])N(c2ncnn3cc(-c4cnn(C)c4)cc23)C1([2H])[2H].[2H]C1([2H])N(c2ncc([C@](C)(N)c3ccc(F)cc3)cn2)C([2H])([2H])C([2H])([2H])N(c2ncnn3cc(-c4cnn(C)c4)cc23)C1([2H])[2H]. The van der Waals surface area contributed by atoms with Crippen LogP contribution in [0.25, 0.3) is 49.9 Å². The lowest BCUT2D eigenvalue weighted by molar-refractivity contribution is 0.585. The Balaban J connectivity index is 0.000000150. The van der Waals surface area contributed by atoms with Crippen LogP contribution in [0.2, 0.25) is 0 Å². The van der Waals surface area contributed by atoms with Crippen LogP contribution in [-0.2, 0) is 37.7 Å². The Morgan fingerprint density at radius 1 is 0.315 bits per heavy atom. The molecular weight excluding hydrogens is 1410 g/mol. The highest BCUT2D eigenvalue weighted by atomic mass is 19.1. The number of halogens is 3. The Hall–Kier alpha value is -13.1. The molecule has 0 spiro atoms. The third kappa shape index (κ3) is 14.9. The van der Waals surface area contributed by atoms with Crippen LogP contribution in [0, 0.1) is 17.5 Å². The zero-order valence-electron chi connectivity index (χ0n) is 86.0. The number of nitrogens with zero attached hydrogens (tertiary/aromatic N) is 27. The summed E-state index contributed by atoms with van der Waals surface area (Å²) in [5.41, 5.74) is 21.6. The molecule has 18 rings (SSSR count). The van der Waals surface area contributed by atoms with Crippen LogP contribution in [0.15, 0.2) is 203 Å². The average molecular weight is 1520 g/mol. The highest BCUT2D eigenvalue weighted by Crippen LogP contribution is 2.35. The maximum Gasteiger partial charge on any atom is 0.225 e. The van der Waals surface area contributed by atoms with E-state index in [-0.39, 0.29) is 53.3 Å². The van der Waals surface area contributed by atoms with Gasteiger partial charge in [0.05, 0.1) is 68.1 Å². The molecule has 111 heavy (non-hydrogen) atoms. The quantitative estimate of drug-likeness (QED) is 0.0880. The van der Waals surface area contributed by atoms with Crippen LogP contribution >= 0.6 is 0 Å². The van der Waals surface area contributed by atoms with Crippen LogP contribution in [0.4, 0.5) is 48.5 Å². The third-order valence-electron chi connectivity index (χ3n) is 18.1. The second-order valence-corrected chi connectivity index (χ2v) is 25.7. The van der Waals surface area contributed by atoms with Crippen molar-refractivity contribution >= 4 is 51.8 Å². The van der Waals surface area contributed by atoms with Gasteiger partial charge in [0.2, 0.25) is 17.8 Å². The van der Waals surface area contributed by atoms with Gasteiger partial charge in [-0.25, -0.2) is 71.6 Å². The molecule has 0 radical (unpaired) electrons. The summed E-state index contributed by atoms with van der Waals surface area (Å²) >= 11 is 0. The van der Waals surface area contributed by atoms with Gasteiger partial charge in [0.25, 0.3) is 0 Å². The average Bonchev–Trinajstić information content (AvgIpc) is 0.856. The topological polar surface area (TPSA) is 319 Å². The molecule has 0 aliphatic carbocycles. The van der Waals surface area contributed by atoms with E-state index in [1.807, 2.05) is 0 Å². The third-order valence-corrected chi connectivity index (χ3v) is 18.1. The number of nitrogens with two attached hydrogens (primary N) is 3. The molecule has 3 aliphatic heterocycles. The zero-order valence-corrected chi connectivity index (χ0v) is 59.0. The molecule has 12 aromatic heterocycles. The molecule has 30 nitrogen and oxygen atoms in total. The monoisotopic (exact) mass is 1520 g/mol. The van der Waals surface area contributed by atoms with Gasteiger partial charge < -0.3 is 46.6 Å². The number of hydrogen-bond acceptors (Lipinski definition) is 24. The number of piperazine rings is 3. The molecule has 15 heterocycles. The van der Waals surface area contributed by atoms with Crippen LogP contribution in [0.5, 0.6) is 0 Å². The molecule has 0 bridgehead atoms. The van der Waals surface area contributed by atoms with Gasteiger partial charge in [-0.15, -0.1) is 0 Å². The first-order valence-electron chi connectivity index (χ1n) is 46.9. The second-order valence-electron chi connectivity index (χ2n) is 25.7. The summed E-state index contributed by atoms with van der Waals surface area (Å²) in [7, 11) is 3.46. The highest BCUT2D eigenvalue weighted by Gasteiger charge is 2.32. The van der Waals surface area contributed by atoms with E-state index in [4.69, 9.17) is 54.2 Å². The van der Waals surface area contributed by atoms with Crippen LogP contribution < -0.4 is 46.6 Å². The summed E-state index contributed by atoms with van der Waals surface area (Å²) in [6.45, 7) is -37.2. The van der Waals surface area contributed by atoms with Crippen LogP contribution in [-0.4, -0.2) is 181 Å². The van der Waals surface area contributed by atoms with E-state index >= 15 is 0 Å². The minimum absolute atomic E-state index is 0.0365. The van der Waals surface area contributed by atoms with Crippen molar-refractivity contribution in [2.24, 2.45) is 38.3 Å². The first kappa shape index (κ1) is 46.9. The van der Waals surface area contributed by atoms with Gasteiger partial charge in [0, 0.05) is 228 Å². The summed E-state index contributed by atoms with van der Waals surface area (Å²) in [5.74, 6) is -4.54. The molecule has 6 N–H and O–H groups in total. The van der Waals surface area contributed by atoms with Crippen molar-refractivity contribution in [3.63, 3.8) is 0 Å². The summed E-state index contributed by atoms with van der Waals surface area (Å²) < 4.78 is 285. The molecule has 0 amide bonds. The molecule has 3 atom stereocenters. The van der Waals surface area contributed by atoms with Gasteiger partial charge in [-0.1, -0.05) is 36.4 Å². The molecule has 3 saturated heterocycles. The summed E-state index contributed by atoms with van der Waals surface area (Å²) in [5, 5.41) is 24.5. The van der Waals surface area contributed by atoms with Gasteiger partial charge in [0.15, 0.2) is 17.5 Å². The number of anilines is 6. The number of hydrogen-bond donors (Lipinski definition) is 3. The van der Waals surface area contributed by atoms with Gasteiger partial charge in [-0.2, -0.15) is 30.6 Å². The van der Waals surface area contributed by atoms with E-state index in [1.165, 1.54) is 148 Å². The Labute approximate surface area is 673 Å². The van der Waals surface area contributed by atoms with Crippen LogP contribution in [0.1, 0.15) is 91.2 Å². The van der Waals surface area contributed by atoms with Gasteiger partial charge >= 0.3 is 0 Å². The number of fused-ring (bicyclic) bond motifs is 3. The first-order valence-corrected chi connectivity index (χ1v) is 33.4. The summed E-state index contributed by atoms with van der Waals surface area (Å²) in [6, 6.07) is 20.8. The number of benzene rings is 3. The highest BCUT2D eigenvalue weighted by molar-refractivity contribution is 5.80. The van der Waals surface area contributed by atoms with Gasteiger partial charge in [0.1, 0.15) is 53.0 Å².